The predicted octanol–water partition coefficient (Wildman–Crippen LogP) is 7.70. The van der Waals surface area contributed by atoms with Crippen molar-refractivity contribution >= 4 is 11.9 Å². The summed E-state index contributed by atoms with van der Waals surface area (Å²) in [5, 5.41) is 28.9. The van der Waals surface area contributed by atoms with Gasteiger partial charge in [-0.3, -0.25) is 14.5 Å². The Kier molecular flexibility index (Phi) is 26.2. The monoisotopic (exact) mass is 556 g/mol. The Morgan fingerprint density at radius 1 is 0.564 bits per heavy atom. The van der Waals surface area contributed by atoms with Gasteiger partial charge < -0.3 is 20.2 Å². The van der Waals surface area contributed by atoms with Gasteiger partial charge >= 0.3 is 11.9 Å². The standard InChI is InChI=1S/C32H64N2O5/c1-4-5-6-11-18-24-30(35)34(28-21-27-33(2)3)29(22-16-12-7-9-14-19-25-31(36)37)23-17-13-8-10-15-20-26-32(38)39/h29-30,35H,4-28H2,1-3H3,(H,36,37)(H,38,39). The molecule has 7 nitrogen and oxygen atoms in total. The van der Waals surface area contributed by atoms with Crippen LogP contribution >= 0.6 is 0 Å². The zero-order chi connectivity index (χ0) is 29.1. The molecule has 7 heteroatoms. The highest BCUT2D eigenvalue weighted by atomic mass is 16.4. The summed E-state index contributed by atoms with van der Waals surface area (Å²) in [4.78, 5) is 26.0. The van der Waals surface area contributed by atoms with E-state index in [1.165, 1.54) is 38.5 Å². The maximum Gasteiger partial charge on any atom is 0.303 e. The number of carboxylic acid groups (broad SMARTS) is 2. The van der Waals surface area contributed by atoms with Crippen molar-refractivity contribution in [3.05, 3.63) is 0 Å². The first kappa shape index (κ1) is 37.8. The lowest BCUT2D eigenvalue weighted by Crippen LogP contribution is -2.44. The SMILES string of the molecule is CCCCCCCC(O)N(CCCN(C)C)C(CCCCCCCCC(=O)O)CCCCCCCCC(=O)O. The van der Waals surface area contributed by atoms with E-state index in [2.05, 4.69) is 30.8 Å². The Morgan fingerprint density at radius 3 is 1.41 bits per heavy atom. The van der Waals surface area contributed by atoms with Crippen LogP contribution in [0.1, 0.15) is 155 Å². The number of unbranched alkanes of at least 4 members (excludes halogenated alkanes) is 14. The molecule has 0 saturated heterocycles. The van der Waals surface area contributed by atoms with Gasteiger partial charge in [-0.1, -0.05) is 96.8 Å². The molecule has 0 aliphatic rings. The summed E-state index contributed by atoms with van der Waals surface area (Å²) in [7, 11) is 4.22. The first-order valence-corrected chi connectivity index (χ1v) is 16.3. The van der Waals surface area contributed by atoms with Crippen LogP contribution in [0.15, 0.2) is 0 Å². The van der Waals surface area contributed by atoms with Gasteiger partial charge in [-0.05, 0) is 65.6 Å². The number of hydrogen-bond acceptors (Lipinski definition) is 5. The second kappa shape index (κ2) is 27.0. The molecule has 0 radical (unpaired) electrons. The largest absolute Gasteiger partial charge is 0.481 e. The lowest BCUT2D eigenvalue weighted by Gasteiger charge is -2.36. The van der Waals surface area contributed by atoms with Gasteiger partial charge in [0.05, 0.1) is 0 Å². The quantitative estimate of drug-likeness (QED) is 0.0615. The third kappa shape index (κ3) is 25.5. The molecule has 232 valence electrons. The number of rotatable bonds is 30. The Balaban J connectivity index is 4.86. The lowest BCUT2D eigenvalue weighted by molar-refractivity contribution is -0.138. The van der Waals surface area contributed by atoms with E-state index in [9.17, 15) is 14.7 Å². The van der Waals surface area contributed by atoms with Crippen LogP contribution < -0.4 is 0 Å². The fourth-order valence-electron chi connectivity index (χ4n) is 5.44. The van der Waals surface area contributed by atoms with E-state index in [1.807, 2.05) is 0 Å². The number of aliphatic carboxylic acids is 2. The van der Waals surface area contributed by atoms with Crippen LogP contribution in [0.4, 0.5) is 0 Å². The van der Waals surface area contributed by atoms with Crippen molar-refractivity contribution in [1.82, 2.24) is 9.80 Å². The molecule has 3 N–H and O–H groups in total. The van der Waals surface area contributed by atoms with Crippen molar-refractivity contribution in [2.24, 2.45) is 0 Å². The third-order valence-corrected chi connectivity index (χ3v) is 7.80. The number of nitrogens with zero attached hydrogens (tertiary/aromatic N) is 2. The maximum absolute atomic E-state index is 11.3. The van der Waals surface area contributed by atoms with Gasteiger partial charge in [0.2, 0.25) is 0 Å². The Bertz CT molecular complexity index is 543. The molecule has 39 heavy (non-hydrogen) atoms. The lowest BCUT2D eigenvalue weighted by atomic mass is 9.97. The Hall–Kier alpha value is -1.18. The van der Waals surface area contributed by atoms with Crippen LogP contribution in [0.25, 0.3) is 0 Å². The molecule has 1 unspecified atom stereocenters. The minimum absolute atomic E-state index is 0.278. The molecule has 0 saturated carbocycles. The molecular weight excluding hydrogens is 492 g/mol. The average molecular weight is 557 g/mol. The molecule has 0 aromatic carbocycles. The molecule has 0 bridgehead atoms. The van der Waals surface area contributed by atoms with Crippen LogP contribution in [-0.4, -0.2) is 76.5 Å². The van der Waals surface area contributed by atoms with Crippen LogP contribution in [0.3, 0.4) is 0 Å². The van der Waals surface area contributed by atoms with Gasteiger partial charge in [-0.2, -0.15) is 0 Å². The summed E-state index contributed by atoms with van der Waals surface area (Å²) in [5.41, 5.74) is 0. The molecule has 0 heterocycles. The van der Waals surface area contributed by atoms with E-state index >= 15 is 0 Å². The van der Waals surface area contributed by atoms with Crippen molar-refractivity contribution < 1.29 is 24.9 Å². The van der Waals surface area contributed by atoms with Crippen molar-refractivity contribution in [2.45, 2.75) is 167 Å². The first-order chi connectivity index (χ1) is 18.8. The van der Waals surface area contributed by atoms with E-state index in [0.29, 0.717) is 6.04 Å². The van der Waals surface area contributed by atoms with Gasteiger partial charge in [0.15, 0.2) is 0 Å². The summed E-state index contributed by atoms with van der Waals surface area (Å²) in [5.74, 6) is -1.40. The summed E-state index contributed by atoms with van der Waals surface area (Å²) >= 11 is 0. The summed E-state index contributed by atoms with van der Waals surface area (Å²) in [6.45, 7) is 4.19. The summed E-state index contributed by atoms with van der Waals surface area (Å²) in [6.07, 6.45) is 23.1. The maximum atomic E-state index is 11.3. The number of carboxylic acids is 2. The van der Waals surface area contributed by atoms with Gasteiger partial charge in [0, 0.05) is 25.4 Å². The van der Waals surface area contributed by atoms with E-state index in [-0.39, 0.29) is 19.1 Å². The normalized spacial score (nSPS) is 12.6. The van der Waals surface area contributed by atoms with Gasteiger partial charge in [0.1, 0.15) is 6.23 Å². The topological polar surface area (TPSA) is 101 Å². The Labute approximate surface area is 240 Å². The molecule has 0 fully saturated rings. The minimum atomic E-state index is -0.698. The fourth-order valence-corrected chi connectivity index (χ4v) is 5.44. The zero-order valence-electron chi connectivity index (χ0n) is 25.9. The fraction of sp³-hybridized carbons (Fsp3) is 0.938. The molecule has 1 atom stereocenters. The average Bonchev–Trinajstić information content (AvgIpc) is 2.88. The van der Waals surface area contributed by atoms with Crippen LogP contribution in [0.2, 0.25) is 0 Å². The highest BCUT2D eigenvalue weighted by Crippen LogP contribution is 2.23. The zero-order valence-corrected chi connectivity index (χ0v) is 25.9. The number of aliphatic hydroxyl groups is 1. The molecule has 0 aromatic rings. The smallest absolute Gasteiger partial charge is 0.303 e. The molecule has 0 aliphatic heterocycles. The summed E-state index contributed by atoms with van der Waals surface area (Å²) in [6, 6.07) is 0.400. The van der Waals surface area contributed by atoms with Crippen molar-refractivity contribution in [1.29, 1.82) is 0 Å². The highest BCUT2D eigenvalue weighted by Gasteiger charge is 2.24. The van der Waals surface area contributed by atoms with Crippen LogP contribution in [0.5, 0.6) is 0 Å². The number of aliphatic hydroxyl groups excluding tert-OH is 1. The van der Waals surface area contributed by atoms with E-state index < -0.39 is 11.9 Å². The second-order valence-electron chi connectivity index (χ2n) is 11.8. The highest BCUT2D eigenvalue weighted by molar-refractivity contribution is 5.66. The molecule has 0 aromatic heterocycles. The van der Waals surface area contributed by atoms with Gasteiger partial charge in [-0.15, -0.1) is 0 Å². The van der Waals surface area contributed by atoms with Gasteiger partial charge in [-0.25, -0.2) is 0 Å². The Morgan fingerprint density at radius 2 is 0.974 bits per heavy atom. The van der Waals surface area contributed by atoms with E-state index in [0.717, 1.165) is 109 Å². The molecular formula is C32H64N2O5. The summed E-state index contributed by atoms with van der Waals surface area (Å²) < 4.78 is 0. The van der Waals surface area contributed by atoms with Crippen LogP contribution in [0, 0.1) is 0 Å². The molecule has 0 amide bonds. The van der Waals surface area contributed by atoms with Crippen LogP contribution in [-0.2, 0) is 9.59 Å². The van der Waals surface area contributed by atoms with Crippen molar-refractivity contribution in [2.75, 3.05) is 27.2 Å². The van der Waals surface area contributed by atoms with Crippen molar-refractivity contribution in [3.8, 4) is 0 Å². The minimum Gasteiger partial charge on any atom is -0.481 e. The molecule has 0 aliphatic carbocycles. The van der Waals surface area contributed by atoms with E-state index in [4.69, 9.17) is 10.2 Å². The number of hydrogen-bond donors (Lipinski definition) is 3. The number of carbonyl (C=O) groups is 2. The van der Waals surface area contributed by atoms with E-state index in [1.54, 1.807) is 0 Å². The first-order valence-electron chi connectivity index (χ1n) is 16.3. The molecule has 0 rings (SSSR count). The molecule has 0 spiro atoms. The van der Waals surface area contributed by atoms with Gasteiger partial charge in [0.25, 0.3) is 0 Å². The second-order valence-corrected chi connectivity index (χ2v) is 11.8. The third-order valence-electron chi connectivity index (χ3n) is 7.80. The van der Waals surface area contributed by atoms with Crippen molar-refractivity contribution in [3.63, 3.8) is 0 Å². The predicted molar refractivity (Wildman–Crippen MR) is 162 cm³/mol.